The number of nitrogen functional groups attached to an aromatic ring is 1. The monoisotopic (exact) mass is 303 g/mol. The molecule has 3 rings (SSSR count). The van der Waals surface area contributed by atoms with Crippen LogP contribution in [0.2, 0.25) is 0 Å². The first-order valence-electron chi connectivity index (χ1n) is 5.38. The maximum Gasteiger partial charge on any atom is 0.240 e. The molecule has 0 bridgehead atoms. The fourth-order valence-electron chi connectivity index (χ4n) is 1.79. The number of hydrogen-bond acceptors (Lipinski definition) is 4. The average molecular weight is 304 g/mol. The largest absolute Gasteiger partial charge is 0.366 e. The number of fused-ring (bicyclic) bond motifs is 1. The number of rotatable bonds is 1. The molecule has 0 radical (unpaired) electrons. The Labute approximate surface area is 112 Å². The van der Waals surface area contributed by atoms with E-state index in [-0.39, 0.29) is 5.95 Å². The van der Waals surface area contributed by atoms with Crippen molar-refractivity contribution in [2.45, 2.75) is 6.92 Å². The van der Waals surface area contributed by atoms with Crippen LogP contribution in [0.4, 0.5) is 5.95 Å². The number of nitrogens with two attached hydrogens (primary N) is 1. The Hall–Kier alpha value is -1.95. The summed E-state index contributed by atoms with van der Waals surface area (Å²) in [6.45, 7) is 2.00. The highest BCUT2D eigenvalue weighted by atomic mass is 79.9. The summed E-state index contributed by atoms with van der Waals surface area (Å²) < 4.78 is 2.55. The SMILES string of the molecule is Cc1ccc(-c2cc(Br)cn3nc(N)nc23)nc1. The predicted octanol–water partition coefficient (Wildman–Crippen LogP) is 2.44. The smallest absolute Gasteiger partial charge is 0.240 e. The zero-order chi connectivity index (χ0) is 12.7. The molecule has 0 fully saturated rings. The van der Waals surface area contributed by atoms with Crippen LogP contribution in [0.25, 0.3) is 16.9 Å². The van der Waals surface area contributed by atoms with Crippen LogP contribution in [0.3, 0.4) is 0 Å². The summed E-state index contributed by atoms with van der Waals surface area (Å²) >= 11 is 3.45. The van der Waals surface area contributed by atoms with Gasteiger partial charge in [-0.2, -0.15) is 4.98 Å². The Kier molecular flexibility index (Phi) is 2.52. The number of pyridine rings is 2. The van der Waals surface area contributed by atoms with Crippen LogP contribution in [0, 0.1) is 6.92 Å². The number of halogens is 1. The topological polar surface area (TPSA) is 69.1 Å². The lowest BCUT2D eigenvalue weighted by Crippen LogP contribution is -1.93. The van der Waals surface area contributed by atoms with Crippen molar-refractivity contribution in [1.82, 2.24) is 19.6 Å². The van der Waals surface area contributed by atoms with Gasteiger partial charge in [0.15, 0.2) is 5.65 Å². The second kappa shape index (κ2) is 4.06. The van der Waals surface area contributed by atoms with Crippen LogP contribution < -0.4 is 5.73 Å². The van der Waals surface area contributed by atoms with E-state index in [9.17, 15) is 0 Å². The van der Waals surface area contributed by atoms with Gasteiger partial charge in [-0.15, -0.1) is 5.10 Å². The summed E-state index contributed by atoms with van der Waals surface area (Å²) in [5.41, 5.74) is 9.19. The first kappa shape index (κ1) is 11.2. The summed E-state index contributed by atoms with van der Waals surface area (Å²) in [5.74, 6) is 0.251. The average Bonchev–Trinajstić information content (AvgIpc) is 2.69. The molecular formula is C12H10BrN5. The highest BCUT2D eigenvalue weighted by molar-refractivity contribution is 9.10. The highest BCUT2D eigenvalue weighted by Gasteiger charge is 2.10. The van der Waals surface area contributed by atoms with E-state index in [1.54, 1.807) is 4.52 Å². The molecule has 0 aliphatic heterocycles. The van der Waals surface area contributed by atoms with Gasteiger partial charge in [-0.05, 0) is 40.5 Å². The van der Waals surface area contributed by atoms with Gasteiger partial charge in [0, 0.05) is 22.4 Å². The first-order chi connectivity index (χ1) is 8.63. The van der Waals surface area contributed by atoms with Gasteiger partial charge in [-0.3, -0.25) is 4.98 Å². The summed E-state index contributed by atoms with van der Waals surface area (Å²) in [6.07, 6.45) is 3.64. The summed E-state index contributed by atoms with van der Waals surface area (Å²) in [7, 11) is 0. The molecule has 18 heavy (non-hydrogen) atoms. The van der Waals surface area contributed by atoms with Gasteiger partial charge < -0.3 is 5.73 Å². The Morgan fingerprint density at radius 3 is 2.89 bits per heavy atom. The molecule has 0 aliphatic rings. The molecular weight excluding hydrogens is 294 g/mol. The minimum Gasteiger partial charge on any atom is -0.366 e. The molecule has 0 saturated heterocycles. The van der Waals surface area contributed by atoms with E-state index in [1.807, 2.05) is 37.5 Å². The maximum absolute atomic E-state index is 5.63. The third kappa shape index (κ3) is 1.84. The van der Waals surface area contributed by atoms with Crippen molar-refractivity contribution in [3.63, 3.8) is 0 Å². The number of nitrogens with zero attached hydrogens (tertiary/aromatic N) is 4. The van der Waals surface area contributed by atoms with Gasteiger partial charge in [0.05, 0.1) is 5.69 Å². The van der Waals surface area contributed by atoms with Gasteiger partial charge in [-0.1, -0.05) is 6.07 Å². The number of hydrogen-bond donors (Lipinski definition) is 1. The van der Waals surface area contributed by atoms with Crippen molar-refractivity contribution < 1.29 is 0 Å². The predicted molar refractivity (Wildman–Crippen MR) is 73.1 cm³/mol. The van der Waals surface area contributed by atoms with Crippen LogP contribution >= 0.6 is 15.9 Å². The Balaban J connectivity index is 2.30. The van der Waals surface area contributed by atoms with E-state index < -0.39 is 0 Å². The third-order valence-electron chi connectivity index (χ3n) is 2.60. The Morgan fingerprint density at radius 2 is 2.17 bits per heavy atom. The quantitative estimate of drug-likeness (QED) is 0.749. The minimum absolute atomic E-state index is 0.251. The van der Waals surface area contributed by atoms with E-state index in [0.717, 1.165) is 21.3 Å². The molecule has 0 atom stereocenters. The van der Waals surface area contributed by atoms with Crippen LogP contribution in [0.1, 0.15) is 5.56 Å². The van der Waals surface area contributed by atoms with Crippen LogP contribution in [-0.2, 0) is 0 Å². The van der Waals surface area contributed by atoms with Crippen molar-refractivity contribution in [3.8, 4) is 11.3 Å². The fourth-order valence-corrected chi connectivity index (χ4v) is 2.21. The lowest BCUT2D eigenvalue weighted by Gasteiger charge is -2.03. The lowest BCUT2D eigenvalue weighted by molar-refractivity contribution is 0.963. The zero-order valence-electron chi connectivity index (χ0n) is 9.63. The molecule has 0 aromatic carbocycles. The third-order valence-corrected chi connectivity index (χ3v) is 3.04. The number of aromatic nitrogens is 4. The highest BCUT2D eigenvalue weighted by Crippen LogP contribution is 2.25. The fraction of sp³-hybridized carbons (Fsp3) is 0.0833. The molecule has 2 N–H and O–H groups in total. The van der Waals surface area contributed by atoms with Crippen LogP contribution in [-0.4, -0.2) is 19.6 Å². The lowest BCUT2D eigenvalue weighted by atomic mass is 10.1. The molecule has 6 heteroatoms. The Morgan fingerprint density at radius 1 is 1.33 bits per heavy atom. The van der Waals surface area contributed by atoms with Gasteiger partial charge >= 0.3 is 0 Å². The van der Waals surface area contributed by atoms with E-state index in [0.29, 0.717) is 5.65 Å². The summed E-state index contributed by atoms with van der Waals surface area (Å²) in [6, 6.07) is 5.93. The van der Waals surface area contributed by atoms with Gasteiger partial charge in [0.2, 0.25) is 5.95 Å². The molecule has 0 spiro atoms. The van der Waals surface area contributed by atoms with Gasteiger partial charge in [0.25, 0.3) is 0 Å². The second-order valence-corrected chi connectivity index (χ2v) is 4.95. The Bertz CT molecular complexity index is 717. The zero-order valence-corrected chi connectivity index (χ0v) is 11.2. The first-order valence-corrected chi connectivity index (χ1v) is 6.17. The minimum atomic E-state index is 0.251. The molecule has 0 saturated carbocycles. The van der Waals surface area contributed by atoms with Crippen molar-refractivity contribution in [2.75, 3.05) is 5.73 Å². The standard InChI is InChI=1S/C12H10BrN5/c1-7-2-3-10(15-5-7)9-4-8(13)6-18-11(9)16-12(14)17-18/h2-6H,1H3,(H2,14,17). The van der Waals surface area contributed by atoms with E-state index in [4.69, 9.17) is 5.73 Å². The summed E-state index contributed by atoms with van der Waals surface area (Å²) in [4.78, 5) is 8.63. The van der Waals surface area contributed by atoms with Gasteiger partial charge in [0.1, 0.15) is 0 Å². The van der Waals surface area contributed by atoms with E-state index in [2.05, 4.69) is 31.0 Å². The maximum atomic E-state index is 5.63. The molecule has 5 nitrogen and oxygen atoms in total. The molecule has 0 amide bonds. The van der Waals surface area contributed by atoms with Crippen molar-refractivity contribution in [2.24, 2.45) is 0 Å². The number of anilines is 1. The molecule has 90 valence electrons. The summed E-state index contributed by atoms with van der Waals surface area (Å²) in [5, 5.41) is 4.10. The van der Waals surface area contributed by atoms with Crippen LogP contribution in [0.15, 0.2) is 35.1 Å². The van der Waals surface area contributed by atoms with Crippen molar-refractivity contribution in [3.05, 3.63) is 40.6 Å². The molecule has 0 unspecified atom stereocenters. The normalized spacial score (nSPS) is 11.0. The molecule has 3 aromatic heterocycles. The molecule has 3 heterocycles. The van der Waals surface area contributed by atoms with Gasteiger partial charge in [-0.25, -0.2) is 4.52 Å². The second-order valence-electron chi connectivity index (χ2n) is 4.03. The van der Waals surface area contributed by atoms with E-state index >= 15 is 0 Å². The number of aryl methyl sites for hydroxylation is 1. The molecule has 0 aliphatic carbocycles. The van der Waals surface area contributed by atoms with Crippen molar-refractivity contribution in [1.29, 1.82) is 0 Å². The van der Waals surface area contributed by atoms with Crippen LogP contribution in [0.5, 0.6) is 0 Å². The van der Waals surface area contributed by atoms with Crippen molar-refractivity contribution >= 4 is 27.5 Å². The van der Waals surface area contributed by atoms with E-state index in [1.165, 1.54) is 0 Å². The molecule has 3 aromatic rings.